The Balaban J connectivity index is 1.43. The summed E-state index contributed by atoms with van der Waals surface area (Å²) >= 11 is 1.27. The first-order valence-corrected chi connectivity index (χ1v) is 12.7. The number of nitrogens with zero attached hydrogens (tertiary/aromatic N) is 3. The summed E-state index contributed by atoms with van der Waals surface area (Å²) in [6.07, 6.45) is 2.53. The lowest BCUT2D eigenvalue weighted by molar-refractivity contribution is -0.117. The number of thioether (sulfide) groups is 1. The number of carbonyl (C=O) groups is 2. The van der Waals surface area contributed by atoms with Crippen LogP contribution in [0.3, 0.4) is 0 Å². The van der Waals surface area contributed by atoms with Gasteiger partial charge in [0, 0.05) is 12.5 Å². The molecule has 0 saturated heterocycles. The van der Waals surface area contributed by atoms with E-state index in [9.17, 15) is 9.59 Å². The van der Waals surface area contributed by atoms with Gasteiger partial charge in [-0.05, 0) is 54.7 Å². The molecule has 8 heteroatoms. The van der Waals surface area contributed by atoms with Gasteiger partial charge in [-0.1, -0.05) is 71.9 Å². The van der Waals surface area contributed by atoms with Gasteiger partial charge in [0.25, 0.3) is 0 Å². The van der Waals surface area contributed by atoms with Gasteiger partial charge in [0.2, 0.25) is 5.91 Å². The van der Waals surface area contributed by atoms with Crippen molar-refractivity contribution in [2.75, 3.05) is 5.75 Å². The molecule has 0 spiro atoms. The molecule has 1 saturated carbocycles. The molecule has 0 atom stereocenters. The summed E-state index contributed by atoms with van der Waals surface area (Å²) in [5.74, 6) is 0.497. The molecule has 0 unspecified atom stereocenters. The molecule has 178 valence electrons. The molecule has 0 radical (unpaired) electrons. The quantitative estimate of drug-likeness (QED) is 0.370. The number of aromatic nitrogens is 3. The van der Waals surface area contributed by atoms with E-state index in [4.69, 9.17) is 0 Å². The Morgan fingerprint density at radius 2 is 1.83 bits per heavy atom. The Bertz CT molecular complexity index is 1400. The van der Waals surface area contributed by atoms with E-state index in [1.165, 1.54) is 28.1 Å². The summed E-state index contributed by atoms with van der Waals surface area (Å²) in [5, 5.41) is 17.1. The summed E-state index contributed by atoms with van der Waals surface area (Å²) in [6.45, 7) is 4.13. The Kier molecular flexibility index (Phi) is 6.55. The van der Waals surface area contributed by atoms with Crippen LogP contribution in [0.25, 0.3) is 16.5 Å². The average molecular weight is 486 g/mol. The predicted octanol–water partition coefficient (Wildman–Crippen LogP) is 4.71. The van der Waals surface area contributed by atoms with Crippen molar-refractivity contribution in [3.05, 3.63) is 83.2 Å². The van der Waals surface area contributed by atoms with Crippen molar-refractivity contribution in [2.24, 2.45) is 0 Å². The summed E-state index contributed by atoms with van der Waals surface area (Å²) in [4.78, 5) is 24.3. The normalized spacial score (nSPS) is 13.1. The number of hydrogen-bond donors (Lipinski definition) is 2. The van der Waals surface area contributed by atoms with Gasteiger partial charge in [-0.15, -0.1) is 10.2 Å². The lowest BCUT2D eigenvalue weighted by atomic mass is 10.0. The van der Waals surface area contributed by atoms with Crippen LogP contribution in [-0.4, -0.2) is 38.5 Å². The van der Waals surface area contributed by atoms with Gasteiger partial charge in [-0.25, -0.2) is 4.79 Å². The van der Waals surface area contributed by atoms with Crippen molar-refractivity contribution in [2.45, 2.75) is 44.3 Å². The first-order chi connectivity index (χ1) is 17.0. The number of amides is 3. The number of hydrogen-bond acceptors (Lipinski definition) is 5. The van der Waals surface area contributed by atoms with Crippen LogP contribution in [0.5, 0.6) is 0 Å². The molecule has 1 fully saturated rings. The van der Waals surface area contributed by atoms with Crippen molar-refractivity contribution in [3.8, 4) is 5.69 Å². The molecule has 5 rings (SSSR count). The molecule has 1 aromatic heterocycles. The van der Waals surface area contributed by atoms with E-state index >= 15 is 0 Å². The SMILES string of the molecule is Cc1ccc(-n2c(Cc3cccc4ccccc34)nnc2SCC(=O)NC(=O)NC2CC2)c(C)c1. The molecular formula is C27H27N5O2S. The maximum absolute atomic E-state index is 12.4. The largest absolute Gasteiger partial charge is 0.335 e. The Labute approximate surface area is 208 Å². The fourth-order valence-electron chi connectivity index (χ4n) is 4.17. The zero-order valence-electron chi connectivity index (χ0n) is 19.7. The van der Waals surface area contributed by atoms with Crippen molar-refractivity contribution in [1.29, 1.82) is 0 Å². The molecule has 1 aliphatic carbocycles. The highest BCUT2D eigenvalue weighted by Gasteiger charge is 2.24. The van der Waals surface area contributed by atoms with Crippen LogP contribution >= 0.6 is 11.8 Å². The molecule has 4 aromatic rings. The number of imide groups is 1. The van der Waals surface area contributed by atoms with E-state index in [0.717, 1.165) is 35.5 Å². The Morgan fingerprint density at radius 3 is 2.63 bits per heavy atom. The fraction of sp³-hybridized carbons (Fsp3) is 0.259. The van der Waals surface area contributed by atoms with Gasteiger partial charge in [0.05, 0.1) is 11.4 Å². The lowest BCUT2D eigenvalue weighted by Crippen LogP contribution is -2.41. The van der Waals surface area contributed by atoms with Gasteiger partial charge >= 0.3 is 6.03 Å². The number of rotatable bonds is 7. The lowest BCUT2D eigenvalue weighted by Gasteiger charge is -2.14. The minimum atomic E-state index is -0.439. The molecular weight excluding hydrogens is 458 g/mol. The van der Waals surface area contributed by atoms with Crippen LogP contribution in [-0.2, 0) is 11.2 Å². The van der Waals surface area contributed by atoms with Crippen molar-refractivity contribution in [3.63, 3.8) is 0 Å². The second-order valence-corrected chi connectivity index (χ2v) is 9.87. The van der Waals surface area contributed by atoms with Crippen molar-refractivity contribution in [1.82, 2.24) is 25.4 Å². The molecule has 7 nitrogen and oxygen atoms in total. The van der Waals surface area contributed by atoms with Crippen LogP contribution in [0.15, 0.2) is 65.8 Å². The zero-order valence-corrected chi connectivity index (χ0v) is 20.6. The standard InChI is InChI=1S/C27H27N5O2S/c1-17-10-13-23(18(2)14-17)32-24(15-20-8-5-7-19-6-3-4-9-22(19)20)30-31-27(32)35-16-25(33)29-26(34)28-21-11-12-21/h3-10,13-14,21H,11-12,15-16H2,1-2H3,(H2,28,29,33,34). The number of fused-ring (bicyclic) bond motifs is 1. The first-order valence-electron chi connectivity index (χ1n) is 11.7. The molecule has 1 aliphatic rings. The van der Waals surface area contributed by atoms with Crippen LogP contribution in [0, 0.1) is 13.8 Å². The number of benzene rings is 3. The van der Waals surface area contributed by atoms with E-state index in [1.54, 1.807) is 0 Å². The van der Waals surface area contributed by atoms with Crippen molar-refractivity contribution >= 4 is 34.5 Å². The van der Waals surface area contributed by atoms with Gasteiger partial charge in [-0.3, -0.25) is 14.7 Å². The zero-order chi connectivity index (χ0) is 24.4. The van der Waals surface area contributed by atoms with E-state index in [0.29, 0.717) is 11.6 Å². The molecule has 35 heavy (non-hydrogen) atoms. The maximum atomic E-state index is 12.4. The number of urea groups is 1. The summed E-state index contributed by atoms with van der Waals surface area (Å²) < 4.78 is 2.03. The van der Waals surface area contributed by atoms with Crippen LogP contribution in [0.1, 0.15) is 35.4 Å². The highest BCUT2D eigenvalue weighted by Crippen LogP contribution is 2.28. The van der Waals surface area contributed by atoms with E-state index in [-0.39, 0.29) is 17.7 Å². The van der Waals surface area contributed by atoms with Gasteiger partial charge in [0.15, 0.2) is 5.16 Å². The second-order valence-electron chi connectivity index (χ2n) is 8.92. The average Bonchev–Trinajstić information content (AvgIpc) is 3.56. The third kappa shape index (κ3) is 5.38. The molecule has 0 bridgehead atoms. The molecule has 0 aliphatic heterocycles. The summed E-state index contributed by atoms with van der Waals surface area (Å²) in [6, 6.07) is 20.6. The first kappa shape index (κ1) is 23.1. The van der Waals surface area contributed by atoms with Gasteiger partial charge in [-0.2, -0.15) is 0 Å². The van der Waals surface area contributed by atoms with Crippen molar-refractivity contribution < 1.29 is 9.59 Å². The maximum Gasteiger partial charge on any atom is 0.321 e. The monoisotopic (exact) mass is 485 g/mol. The van der Waals surface area contributed by atoms with Gasteiger partial charge < -0.3 is 5.32 Å². The molecule has 3 aromatic carbocycles. The van der Waals surface area contributed by atoms with Gasteiger partial charge in [0.1, 0.15) is 5.82 Å². The smallest absolute Gasteiger partial charge is 0.321 e. The Morgan fingerprint density at radius 1 is 1.03 bits per heavy atom. The van der Waals surface area contributed by atoms with E-state index in [2.05, 4.69) is 83.2 Å². The third-order valence-electron chi connectivity index (χ3n) is 6.02. The van der Waals surface area contributed by atoms with E-state index < -0.39 is 6.03 Å². The Hall–Kier alpha value is -3.65. The second kappa shape index (κ2) is 9.92. The minimum absolute atomic E-state index is 0.0649. The predicted molar refractivity (Wildman–Crippen MR) is 138 cm³/mol. The highest BCUT2D eigenvalue weighted by molar-refractivity contribution is 7.99. The highest BCUT2D eigenvalue weighted by atomic mass is 32.2. The summed E-state index contributed by atoms with van der Waals surface area (Å²) in [5.41, 5.74) is 4.40. The number of aryl methyl sites for hydroxylation is 2. The molecule has 3 amide bonds. The molecule has 1 heterocycles. The summed E-state index contributed by atoms with van der Waals surface area (Å²) in [7, 11) is 0. The topological polar surface area (TPSA) is 88.9 Å². The van der Waals surface area contributed by atoms with Crippen LogP contribution in [0.2, 0.25) is 0 Å². The number of nitrogens with one attached hydrogen (secondary N) is 2. The van der Waals surface area contributed by atoms with Crippen LogP contribution in [0.4, 0.5) is 4.79 Å². The minimum Gasteiger partial charge on any atom is -0.335 e. The number of carbonyl (C=O) groups excluding carboxylic acids is 2. The van der Waals surface area contributed by atoms with Crippen LogP contribution < -0.4 is 10.6 Å². The molecule has 2 N–H and O–H groups in total. The van der Waals surface area contributed by atoms with E-state index in [1.807, 2.05) is 16.7 Å². The third-order valence-corrected chi connectivity index (χ3v) is 6.95. The fourth-order valence-corrected chi connectivity index (χ4v) is 4.93.